The van der Waals surface area contributed by atoms with Crippen LogP contribution >= 0.6 is 12.2 Å². The molecule has 0 aromatic heterocycles. The standard InChI is InChI=1S/C20H18N4O5S/c1-22(2)16-9-4-12(11-17(16)24(27)28)10-15-18(25)21-20(30)23(19(15)26)13-5-7-14(29-3)8-6-13/h4-11H,1-3H3,(H,21,25,30). The molecule has 3 rings (SSSR count). The summed E-state index contributed by atoms with van der Waals surface area (Å²) >= 11 is 5.16. The topological polar surface area (TPSA) is 105 Å². The first-order valence-corrected chi connectivity index (χ1v) is 9.15. The average molecular weight is 426 g/mol. The minimum Gasteiger partial charge on any atom is -0.497 e. The van der Waals surface area contributed by atoms with E-state index in [4.69, 9.17) is 17.0 Å². The molecule has 2 amide bonds. The number of nitro groups is 1. The second kappa shape index (κ2) is 8.29. The summed E-state index contributed by atoms with van der Waals surface area (Å²) in [6, 6.07) is 11.1. The molecule has 0 spiro atoms. The molecule has 30 heavy (non-hydrogen) atoms. The maximum absolute atomic E-state index is 13.0. The van der Waals surface area contributed by atoms with E-state index < -0.39 is 16.7 Å². The van der Waals surface area contributed by atoms with E-state index in [-0.39, 0.29) is 16.4 Å². The Balaban J connectivity index is 2.02. The first-order chi connectivity index (χ1) is 14.2. The lowest BCUT2D eigenvalue weighted by atomic mass is 10.1. The molecular weight excluding hydrogens is 408 g/mol. The van der Waals surface area contributed by atoms with Crippen LogP contribution in [0.3, 0.4) is 0 Å². The smallest absolute Gasteiger partial charge is 0.293 e. The number of ether oxygens (including phenoxy) is 1. The van der Waals surface area contributed by atoms with Gasteiger partial charge < -0.3 is 9.64 Å². The van der Waals surface area contributed by atoms with Gasteiger partial charge in [0.15, 0.2) is 5.11 Å². The largest absolute Gasteiger partial charge is 0.497 e. The van der Waals surface area contributed by atoms with Crippen molar-refractivity contribution in [1.82, 2.24) is 5.32 Å². The van der Waals surface area contributed by atoms with Crippen molar-refractivity contribution in [2.45, 2.75) is 0 Å². The molecule has 1 fully saturated rings. The number of rotatable bonds is 5. The molecule has 1 heterocycles. The van der Waals surface area contributed by atoms with Gasteiger partial charge in [-0.1, -0.05) is 6.07 Å². The summed E-state index contributed by atoms with van der Waals surface area (Å²) in [6.07, 6.45) is 1.31. The summed E-state index contributed by atoms with van der Waals surface area (Å²) < 4.78 is 5.11. The Morgan fingerprint density at radius 2 is 1.83 bits per heavy atom. The van der Waals surface area contributed by atoms with Gasteiger partial charge in [-0.15, -0.1) is 0 Å². The van der Waals surface area contributed by atoms with Gasteiger partial charge in [0, 0.05) is 20.2 Å². The number of hydrogen-bond acceptors (Lipinski definition) is 7. The Labute approximate surface area is 177 Å². The van der Waals surface area contributed by atoms with E-state index in [0.717, 1.165) is 0 Å². The van der Waals surface area contributed by atoms with Crippen LogP contribution in [0.25, 0.3) is 6.08 Å². The van der Waals surface area contributed by atoms with Crippen LogP contribution in [-0.2, 0) is 9.59 Å². The molecule has 0 bridgehead atoms. The zero-order chi connectivity index (χ0) is 22.0. The normalized spacial score (nSPS) is 15.2. The fourth-order valence-corrected chi connectivity index (χ4v) is 3.23. The van der Waals surface area contributed by atoms with E-state index in [1.54, 1.807) is 55.4 Å². The van der Waals surface area contributed by atoms with Crippen molar-refractivity contribution >= 4 is 52.3 Å². The van der Waals surface area contributed by atoms with Crippen LogP contribution in [-0.4, -0.2) is 43.1 Å². The molecule has 154 valence electrons. The molecule has 9 nitrogen and oxygen atoms in total. The van der Waals surface area contributed by atoms with Crippen LogP contribution < -0.4 is 19.9 Å². The maximum atomic E-state index is 13.0. The molecule has 2 aromatic rings. The summed E-state index contributed by atoms with van der Waals surface area (Å²) in [5.41, 5.74) is 0.869. The highest BCUT2D eigenvalue weighted by molar-refractivity contribution is 7.80. The summed E-state index contributed by atoms with van der Waals surface area (Å²) in [5, 5.41) is 13.8. The number of amides is 2. The number of carbonyl (C=O) groups excluding carboxylic acids is 2. The van der Waals surface area contributed by atoms with Gasteiger partial charge in [-0.3, -0.25) is 29.9 Å². The summed E-state index contributed by atoms with van der Waals surface area (Å²) in [5.74, 6) is -0.704. The van der Waals surface area contributed by atoms with E-state index in [1.165, 1.54) is 24.2 Å². The van der Waals surface area contributed by atoms with Gasteiger partial charge in [0.1, 0.15) is 17.0 Å². The number of benzene rings is 2. The number of methoxy groups -OCH3 is 1. The third kappa shape index (κ3) is 3.98. The van der Waals surface area contributed by atoms with Crippen molar-refractivity contribution < 1.29 is 19.2 Å². The molecule has 0 saturated carbocycles. The SMILES string of the molecule is COc1ccc(N2C(=O)C(=Cc3ccc(N(C)C)c([N+](=O)[O-])c3)C(=O)NC2=S)cc1. The van der Waals surface area contributed by atoms with Gasteiger partial charge in [0.05, 0.1) is 17.7 Å². The van der Waals surface area contributed by atoms with Crippen LogP contribution in [0.4, 0.5) is 17.1 Å². The molecule has 0 aliphatic carbocycles. The van der Waals surface area contributed by atoms with Gasteiger partial charge in [-0.25, -0.2) is 0 Å². The van der Waals surface area contributed by atoms with Crippen molar-refractivity contribution in [3.8, 4) is 5.75 Å². The van der Waals surface area contributed by atoms with Crippen LogP contribution in [0.1, 0.15) is 5.56 Å². The quantitative estimate of drug-likeness (QED) is 0.257. The lowest BCUT2D eigenvalue weighted by molar-refractivity contribution is -0.384. The van der Waals surface area contributed by atoms with Gasteiger partial charge in [-0.05, 0) is 54.2 Å². The highest BCUT2D eigenvalue weighted by Crippen LogP contribution is 2.29. The van der Waals surface area contributed by atoms with E-state index in [9.17, 15) is 19.7 Å². The molecule has 0 unspecified atom stereocenters. The third-order valence-corrected chi connectivity index (χ3v) is 4.71. The molecule has 10 heteroatoms. The van der Waals surface area contributed by atoms with E-state index in [0.29, 0.717) is 22.7 Å². The zero-order valence-corrected chi connectivity index (χ0v) is 17.2. The number of hydrogen-bond donors (Lipinski definition) is 1. The predicted molar refractivity (Wildman–Crippen MR) is 117 cm³/mol. The van der Waals surface area contributed by atoms with Gasteiger partial charge in [0.25, 0.3) is 17.5 Å². The fraction of sp³-hybridized carbons (Fsp3) is 0.150. The summed E-state index contributed by atoms with van der Waals surface area (Å²) in [7, 11) is 4.89. The summed E-state index contributed by atoms with van der Waals surface area (Å²) in [6.45, 7) is 0. The maximum Gasteiger partial charge on any atom is 0.293 e. The molecule has 1 aliphatic heterocycles. The summed E-state index contributed by atoms with van der Waals surface area (Å²) in [4.78, 5) is 39.1. The van der Waals surface area contributed by atoms with Crippen molar-refractivity contribution in [3.63, 3.8) is 0 Å². The second-order valence-electron chi connectivity index (χ2n) is 6.56. The highest BCUT2D eigenvalue weighted by Gasteiger charge is 2.34. The predicted octanol–water partition coefficient (Wildman–Crippen LogP) is 2.50. The van der Waals surface area contributed by atoms with Crippen molar-refractivity contribution in [3.05, 3.63) is 63.7 Å². The number of nitrogens with one attached hydrogen (secondary N) is 1. The molecule has 0 radical (unpaired) electrons. The fourth-order valence-electron chi connectivity index (χ4n) is 2.94. The number of nitro benzene ring substituents is 1. The van der Waals surface area contributed by atoms with Crippen molar-refractivity contribution in [2.75, 3.05) is 31.0 Å². The lowest BCUT2D eigenvalue weighted by Gasteiger charge is -2.29. The Hall–Kier alpha value is -3.79. The first-order valence-electron chi connectivity index (χ1n) is 8.74. The van der Waals surface area contributed by atoms with E-state index >= 15 is 0 Å². The minimum absolute atomic E-state index is 0.0544. The number of nitrogens with zero attached hydrogens (tertiary/aromatic N) is 3. The Bertz CT molecular complexity index is 1080. The highest BCUT2D eigenvalue weighted by atomic mass is 32.1. The molecule has 1 saturated heterocycles. The molecule has 1 aliphatic rings. The second-order valence-corrected chi connectivity index (χ2v) is 6.94. The third-order valence-electron chi connectivity index (χ3n) is 4.42. The first kappa shape index (κ1) is 20.9. The number of carbonyl (C=O) groups is 2. The van der Waals surface area contributed by atoms with Crippen LogP contribution in [0.5, 0.6) is 5.75 Å². The number of anilines is 2. The van der Waals surface area contributed by atoms with Gasteiger partial charge in [0.2, 0.25) is 0 Å². The van der Waals surface area contributed by atoms with Gasteiger partial charge >= 0.3 is 0 Å². The van der Waals surface area contributed by atoms with Crippen LogP contribution in [0, 0.1) is 10.1 Å². The number of thiocarbonyl (C=S) groups is 1. The molecule has 0 atom stereocenters. The monoisotopic (exact) mass is 426 g/mol. The van der Waals surface area contributed by atoms with Gasteiger partial charge in [-0.2, -0.15) is 0 Å². The molecule has 1 N–H and O–H groups in total. The van der Waals surface area contributed by atoms with E-state index in [2.05, 4.69) is 5.32 Å². The van der Waals surface area contributed by atoms with Crippen LogP contribution in [0.15, 0.2) is 48.0 Å². The molecular formula is C20H18N4O5S. The Morgan fingerprint density at radius 3 is 2.40 bits per heavy atom. The minimum atomic E-state index is -0.672. The average Bonchev–Trinajstić information content (AvgIpc) is 2.71. The lowest BCUT2D eigenvalue weighted by Crippen LogP contribution is -2.54. The van der Waals surface area contributed by atoms with Crippen molar-refractivity contribution in [2.24, 2.45) is 0 Å². The van der Waals surface area contributed by atoms with Crippen molar-refractivity contribution in [1.29, 1.82) is 0 Å². The Kier molecular flexibility index (Phi) is 5.79. The van der Waals surface area contributed by atoms with Crippen LogP contribution in [0.2, 0.25) is 0 Å². The Morgan fingerprint density at radius 1 is 1.17 bits per heavy atom. The zero-order valence-electron chi connectivity index (χ0n) is 16.4. The molecule has 2 aromatic carbocycles. The van der Waals surface area contributed by atoms with E-state index in [1.807, 2.05) is 0 Å².